The summed E-state index contributed by atoms with van der Waals surface area (Å²) in [6.07, 6.45) is 1.37. The molecule has 22 heavy (non-hydrogen) atoms. The summed E-state index contributed by atoms with van der Waals surface area (Å²) in [7, 11) is 0. The second-order valence-electron chi connectivity index (χ2n) is 6.60. The third kappa shape index (κ3) is 3.47. The number of anilines is 1. The summed E-state index contributed by atoms with van der Waals surface area (Å²) in [6.45, 7) is 6.89. The molecule has 120 valence electrons. The van der Waals surface area contributed by atoms with Crippen LogP contribution in [0.25, 0.3) is 0 Å². The van der Waals surface area contributed by atoms with Gasteiger partial charge in [0.2, 0.25) is 0 Å². The predicted molar refractivity (Wildman–Crippen MR) is 85.7 cm³/mol. The zero-order chi connectivity index (χ0) is 16.3. The van der Waals surface area contributed by atoms with Gasteiger partial charge in [0.05, 0.1) is 0 Å². The number of nitrogens with zero attached hydrogens (tertiary/aromatic N) is 1. The number of carbonyl (C=O) groups is 2. The second kappa shape index (κ2) is 6.48. The van der Waals surface area contributed by atoms with E-state index in [-0.39, 0.29) is 12.0 Å². The number of aliphatic hydroxyl groups excluding tert-OH is 1. The summed E-state index contributed by atoms with van der Waals surface area (Å²) in [5.74, 6) is -1.09. The standard InChI is InChI=1S/C17H24N2O3/c1-12-5-4-6-14-13(12)7-9-19(14)16(22)15(21)18-11-17(2,3)8-10-20/h4-6,20H,7-11H2,1-3H3,(H,18,21). The van der Waals surface area contributed by atoms with Gasteiger partial charge in [-0.15, -0.1) is 0 Å². The molecule has 1 aromatic carbocycles. The Hall–Kier alpha value is -1.88. The Morgan fingerprint density at radius 3 is 2.77 bits per heavy atom. The largest absolute Gasteiger partial charge is 0.396 e. The van der Waals surface area contributed by atoms with Gasteiger partial charge >= 0.3 is 11.8 Å². The Labute approximate surface area is 131 Å². The van der Waals surface area contributed by atoms with Gasteiger partial charge in [-0.2, -0.15) is 0 Å². The van der Waals surface area contributed by atoms with Crippen molar-refractivity contribution in [2.24, 2.45) is 5.41 Å². The van der Waals surface area contributed by atoms with Crippen molar-refractivity contribution in [3.05, 3.63) is 29.3 Å². The number of aryl methyl sites for hydroxylation is 1. The fourth-order valence-corrected chi connectivity index (χ4v) is 2.73. The molecule has 0 atom stereocenters. The maximum Gasteiger partial charge on any atom is 0.316 e. The zero-order valence-electron chi connectivity index (χ0n) is 13.5. The Kier molecular flexibility index (Phi) is 4.86. The molecule has 5 heteroatoms. The van der Waals surface area contributed by atoms with Gasteiger partial charge in [-0.05, 0) is 42.4 Å². The topological polar surface area (TPSA) is 69.6 Å². The van der Waals surface area contributed by atoms with E-state index in [0.717, 1.165) is 23.2 Å². The fraction of sp³-hybridized carbons (Fsp3) is 0.529. The van der Waals surface area contributed by atoms with Crippen LogP contribution < -0.4 is 10.2 Å². The van der Waals surface area contributed by atoms with Crippen LogP contribution in [0.15, 0.2) is 18.2 Å². The minimum atomic E-state index is -0.583. The van der Waals surface area contributed by atoms with E-state index < -0.39 is 11.8 Å². The third-order valence-corrected chi connectivity index (χ3v) is 4.22. The van der Waals surface area contributed by atoms with Crippen molar-refractivity contribution in [2.75, 3.05) is 24.6 Å². The average Bonchev–Trinajstić information content (AvgIpc) is 2.89. The average molecular weight is 304 g/mol. The maximum absolute atomic E-state index is 12.4. The SMILES string of the molecule is Cc1cccc2c1CCN2C(=O)C(=O)NCC(C)(C)CCO. The molecule has 2 N–H and O–H groups in total. The normalized spacial score (nSPS) is 13.9. The van der Waals surface area contributed by atoms with E-state index >= 15 is 0 Å². The molecule has 1 aromatic rings. The zero-order valence-corrected chi connectivity index (χ0v) is 13.5. The molecule has 0 unspecified atom stereocenters. The van der Waals surface area contributed by atoms with Gasteiger partial charge in [-0.1, -0.05) is 26.0 Å². The molecule has 0 saturated heterocycles. The Morgan fingerprint density at radius 2 is 2.09 bits per heavy atom. The van der Waals surface area contributed by atoms with Crippen LogP contribution in [0.3, 0.4) is 0 Å². The maximum atomic E-state index is 12.4. The van der Waals surface area contributed by atoms with E-state index in [1.54, 1.807) is 4.90 Å². The van der Waals surface area contributed by atoms with E-state index in [0.29, 0.717) is 19.5 Å². The molecule has 0 aromatic heterocycles. The Balaban J connectivity index is 2.02. The van der Waals surface area contributed by atoms with Gasteiger partial charge in [0.15, 0.2) is 0 Å². The molecule has 5 nitrogen and oxygen atoms in total. The first-order chi connectivity index (χ1) is 10.4. The van der Waals surface area contributed by atoms with Crippen LogP contribution in [0, 0.1) is 12.3 Å². The number of amides is 2. The summed E-state index contributed by atoms with van der Waals surface area (Å²) >= 11 is 0. The molecule has 0 saturated carbocycles. The minimum Gasteiger partial charge on any atom is -0.396 e. The minimum absolute atomic E-state index is 0.0651. The number of hydrogen-bond donors (Lipinski definition) is 2. The monoisotopic (exact) mass is 304 g/mol. The first-order valence-electron chi connectivity index (χ1n) is 7.65. The molecular formula is C17H24N2O3. The van der Waals surface area contributed by atoms with Gasteiger partial charge in [0, 0.05) is 25.4 Å². The second-order valence-corrected chi connectivity index (χ2v) is 6.60. The van der Waals surface area contributed by atoms with Gasteiger partial charge in [0.25, 0.3) is 0 Å². The highest BCUT2D eigenvalue weighted by Gasteiger charge is 2.30. The molecular weight excluding hydrogens is 280 g/mol. The first-order valence-corrected chi connectivity index (χ1v) is 7.65. The molecule has 0 radical (unpaired) electrons. The van der Waals surface area contributed by atoms with Crippen LogP contribution in [0.4, 0.5) is 5.69 Å². The lowest BCUT2D eigenvalue weighted by Gasteiger charge is -2.24. The summed E-state index contributed by atoms with van der Waals surface area (Å²) in [4.78, 5) is 26.0. The number of aliphatic hydroxyl groups is 1. The van der Waals surface area contributed by atoms with E-state index in [1.807, 2.05) is 39.0 Å². The number of carbonyl (C=O) groups excluding carboxylic acids is 2. The molecule has 1 aliphatic heterocycles. The Morgan fingerprint density at radius 1 is 1.36 bits per heavy atom. The first kappa shape index (κ1) is 16.5. The highest BCUT2D eigenvalue weighted by molar-refractivity contribution is 6.40. The number of rotatable bonds is 4. The lowest BCUT2D eigenvalue weighted by atomic mass is 9.90. The lowest BCUT2D eigenvalue weighted by Crippen LogP contribution is -2.45. The highest BCUT2D eigenvalue weighted by Crippen LogP contribution is 2.30. The Bertz CT molecular complexity index is 581. The molecule has 2 rings (SSSR count). The molecule has 1 aliphatic rings. The van der Waals surface area contributed by atoms with E-state index in [1.165, 1.54) is 0 Å². The van der Waals surface area contributed by atoms with E-state index in [9.17, 15) is 9.59 Å². The molecule has 0 spiro atoms. The van der Waals surface area contributed by atoms with Crippen molar-refractivity contribution >= 4 is 17.5 Å². The molecule has 0 aliphatic carbocycles. The number of fused-ring (bicyclic) bond motifs is 1. The van der Waals surface area contributed by atoms with Gasteiger partial charge in [-0.25, -0.2) is 0 Å². The van der Waals surface area contributed by atoms with Crippen LogP contribution in [0.2, 0.25) is 0 Å². The van der Waals surface area contributed by atoms with Crippen LogP contribution in [0.1, 0.15) is 31.4 Å². The van der Waals surface area contributed by atoms with Crippen molar-refractivity contribution in [2.45, 2.75) is 33.6 Å². The highest BCUT2D eigenvalue weighted by atomic mass is 16.3. The lowest BCUT2D eigenvalue weighted by molar-refractivity contribution is -0.137. The molecule has 0 bridgehead atoms. The van der Waals surface area contributed by atoms with Crippen LogP contribution >= 0.6 is 0 Å². The predicted octanol–water partition coefficient (Wildman–Crippen LogP) is 1.41. The number of benzene rings is 1. The molecule has 1 heterocycles. The van der Waals surface area contributed by atoms with Gasteiger partial charge in [0.1, 0.15) is 0 Å². The van der Waals surface area contributed by atoms with Gasteiger partial charge < -0.3 is 15.3 Å². The summed E-state index contributed by atoms with van der Waals surface area (Å²) in [5, 5.41) is 11.7. The van der Waals surface area contributed by atoms with Crippen molar-refractivity contribution in [1.29, 1.82) is 0 Å². The van der Waals surface area contributed by atoms with Crippen molar-refractivity contribution < 1.29 is 14.7 Å². The quantitative estimate of drug-likeness (QED) is 0.826. The van der Waals surface area contributed by atoms with Crippen molar-refractivity contribution in [1.82, 2.24) is 5.32 Å². The van der Waals surface area contributed by atoms with E-state index in [4.69, 9.17) is 5.11 Å². The van der Waals surface area contributed by atoms with Crippen molar-refractivity contribution in [3.8, 4) is 0 Å². The third-order valence-electron chi connectivity index (χ3n) is 4.22. The summed E-state index contributed by atoms with van der Waals surface area (Å²) in [5.41, 5.74) is 2.90. The number of nitrogens with one attached hydrogen (secondary N) is 1. The van der Waals surface area contributed by atoms with Gasteiger partial charge in [-0.3, -0.25) is 9.59 Å². The molecule has 0 fully saturated rings. The van der Waals surface area contributed by atoms with Crippen LogP contribution in [-0.2, 0) is 16.0 Å². The van der Waals surface area contributed by atoms with E-state index in [2.05, 4.69) is 5.32 Å². The van der Waals surface area contributed by atoms with Crippen molar-refractivity contribution in [3.63, 3.8) is 0 Å². The number of hydrogen-bond acceptors (Lipinski definition) is 3. The smallest absolute Gasteiger partial charge is 0.316 e. The molecule has 2 amide bonds. The summed E-state index contributed by atoms with van der Waals surface area (Å²) < 4.78 is 0. The summed E-state index contributed by atoms with van der Waals surface area (Å²) in [6, 6.07) is 5.81. The van der Waals surface area contributed by atoms with Crippen LogP contribution in [-0.4, -0.2) is 36.6 Å². The fourth-order valence-electron chi connectivity index (χ4n) is 2.73. The van der Waals surface area contributed by atoms with Crippen LogP contribution in [0.5, 0.6) is 0 Å².